The van der Waals surface area contributed by atoms with Crippen LogP contribution in [0.5, 0.6) is 0 Å². The molecular weight excluding hydrogens is 251 g/mol. The molecule has 4 heteroatoms. The molecule has 3 unspecified atom stereocenters. The molecule has 1 N–H and O–H groups in total. The highest BCUT2D eigenvalue weighted by molar-refractivity contribution is 5.19. The summed E-state index contributed by atoms with van der Waals surface area (Å²) in [6.07, 6.45) is 3.45. The average Bonchev–Trinajstić information content (AvgIpc) is 2.74. The number of benzene rings is 1. The average molecular weight is 271 g/mol. The van der Waals surface area contributed by atoms with Crippen LogP contribution in [0.25, 0.3) is 0 Å². The van der Waals surface area contributed by atoms with E-state index in [0.29, 0.717) is 24.1 Å². The lowest BCUT2D eigenvalue weighted by Gasteiger charge is -2.21. The van der Waals surface area contributed by atoms with E-state index in [2.05, 4.69) is 19.2 Å². The molecule has 106 valence electrons. The third-order valence-electron chi connectivity index (χ3n) is 4.36. The first kappa shape index (κ1) is 14.4. The molecule has 0 amide bonds. The van der Waals surface area contributed by atoms with Crippen molar-refractivity contribution in [2.24, 2.45) is 11.8 Å². The maximum atomic E-state index is 13.1. The number of hydrogen-bond acceptors (Lipinski definition) is 1. The van der Waals surface area contributed by atoms with Crippen molar-refractivity contribution in [2.75, 3.05) is 0 Å². The second-order valence-electron chi connectivity index (χ2n) is 5.47. The van der Waals surface area contributed by atoms with Crippen molar-refractivity contribution in [3.05, 3.63) is 35.1 Å². The predicted molar refractivity (Wildman–Crippen MR) is 69.1 cm³/mol. The van der Waals surface area contributed by atoms with Gasteiger partial charge in [0.2, 0.25) is 0 Å². The summed E-state index contributed by atoms with van der Waals surface area (Å²) in [4.78, 5) is 0. The molecule has 0 radical (unpaired) electrons. The van der Waals surface area contributed by atoms with Crippen LogP contribution in [0.15, 0.2) is 12.1 Å². The molecule has 1 saturated carbocycles. The third-order valence-corrected chi connectivity index (χ3v) is 4.36. The van der Waals surface area contributed by atoms with Crippen molar-refractivity contribution >= 4 is 0 Å². The molecule has 1 aromatic rings. The van der Waals surface area contributed by atoms with Gasteiger partial charge in [-0.25, -0.2) is 13.2 Å². The standard InChI is InChI=1S/C15H20F3N/c1-3-11-4-5-14(9(11)2)19-8-10-6-12(16)15(18)13(17)7-10/h6-7,9,11,14,19H,3-5,8H2,1-2H3. The molecule has 1 aliphatic rings. The minimum Gasteiger partial charge on any atom is -0.310 e. The van der Waals surface area contributed by atoms with Gasteiger partial charge < -0.3 is 5.32 Å². The van der Waals surface area contributed by atoms with E-state index < -0.39 is 17.5 Å². The van der Waals surface area contributed by atoms with E-state index in [1.807, 2.05) is 0 Å². The van der Waals surface area contributed by atoms with Crippen molar-refractivity contribution in [1.82, 2.24) is 5.32 Å². The zero-order valence-electron chi connectivity index (χ0n) is 11.3. The number of nitrogens with one attached hydrogen (secondary N) is 1. The number of halogens is 3. The van der Waals surface area contributed by atoms with Crippen LogP contribution in [-0.2, 0) is 6.54 Å². The highest BCUT2D eigenvalue weighted by atomic mass is 19.2. The highest BCUT2D eigenvalue weighted by Crippen LogP contribution is 2.34. The molecule has 1 nitrogen and oxygen atoms in total. The third kappa shape index (κ3) is 3.11. The minimum atomic E-state index is -1.40. The fourth-order valence-electron chi connectivity index (χ4n) is 3.07. The molecule has 3 atom stereocenters. The Labute approximate surface area is 112 Å². The molecule has 19 heavy (non-hydrogen) atoms. The molecule has 2 rings (SSSR count). The summed E-state index contributed by atoms with van der Waals surface area (Å²) in [5.74, 6) is -2.35. The minimum absolute atomic E-state index is 0.375. The van der Waals surface area contributed by atoms with Crippen LogP contribution in [0.4, 0.5) is 13.2 Å². The molecule has 0 aliphatic heterocycles. The van der Waals surface area contributed by atoms with Gasteiger partial charge in [0.15, 0.2) is 17.5 Å². The quantitative estimate of drug-likeness (QED) is 0.816. The van der Waals surface area contributed by atoms with Crippen LogP contribution in [0.3, 0.4) is 0 Å². The lowest BCUT2D eigenvalue weighted by atomic mass is 9.93. The number of rotatable bonds is 4. The molecule has 1 aliphatic carbocycles. The zero-order valence-corrected chi connectivity index (χ0v) is 11.3. The van der Waals surface area contributed by atoms with E-state index in [9.17, 15) is 13.2 Å². The largest absolute Gasteiger partial charge is 0.310 e. The Morgan fingerprint density at radius 2 is 1.79 bits per heavy atom. The fourth-order valence-corrected chi connectivity index (χ4v) is 3.07. The topological polar surface area (TPSA) is 12.0 Å². The van der Waals surface area contributed by atoms with Gasteiger partial charge in [-0.1, -0.05) is 20.3 Å². The molecule has 0 heterocycles. The van der Waals surface area contributed by atoms with Crippen molar-refractivity contribution in [3.8, 4) is 0 Å². The van der Waals surface area contributed by atoms with Crippen molar-refractivity contribution in [1.29, 1.82) is 0 Å². The van der Waals surface area contributed by atoms with E-state index in [1.165, 1.54) is 12.8 Å². The zero-order chi connectivity index (χ0) is 14.0. The summed E-state index contributed by atoms with van der Waals surface area (Å²) in [6, 6.07) is 2.49. The van der Waals surface area contributed by atoms with Crippen LogP contribution in [-0.4, -0.2) is 6.04 Å². The first-order valence-electron chi connectivity index (χ1n) is 6.89. The predicted octanol–water partition coefficient (Wildman–Crippen LogP) is 4.02. The molecular formula is C15H20F3N. The fraction of sp³-hybridized carbons (Fsp3) is 0.600. The second-order valence-corrected chi connectivity index (χ2v) is 5.47. The monoisotopic (exact) mass is 271 g/mol. The molecule has 0 bridgehead atoms. The molecule has 0 saturated heterocycles. The van der Waals surface area contributed by atoms with Crippen LogP contribution < -0.4 is 5.32 Å². The maximum absolute atomic E-state index is 13.1. The van der Waals surface area contributed by atoms with Crippen LogP contribution in [0, 0.1) is 29.3 Å². The van der Waals surface area contributed by atoms with Gasteiger partial charge in [-0.3, -0.25) is 0 Å². The Morgan fingerprint density at radius 3 is 2.32 bits per heavy atom. The van der Waals surface area contributed by atoms with Crippen LogP contribution >= 0.6 is 0 Å². The van der Waals surface area contributed by atoms with E-state index in [0.717, 1.165) is 24.5 Å². The van der Waals surface area contributed by atoms with Crippen molar-refractivity contribution in [2.45, 2.75) is 45.7 Å². The first-order valence-corrected chi connectivity index (χ1v) is 6.89. The number of hydrogen-bond donors (Lipinski definition) is 1. The smallest absolute Gasteiger partial charge is 0.194 e. The van der Waals surface area contributed by atoms with Crippen LogP contribution in [0.1, 0.15) is 38.7 Å². The maximum Gasteiger partial charge on any atom is 0.194 e. The summed E-state index contributed by atoms with van der Waals surface area (Å²) in [5.41, 5.74) is 0.448. The summed E-state index contributed by atoms with van der Waals surface area (Å²) < 4.78 is 39.0. The Balaban J connectivity index is 1.96. The Hall–Kier alpha value is -1.03. The van der Waals surface area contributed by atoms with E-state index >= 15 is 0 Å². The SMILES string of the molecule is CCC1CCC(NCc2cc(F)c(F)c(F)c2)C1C. The van der Waals surface area contributed by atoms with Gasteiger partial charge in [-0.15, -0.1) is 0 Å². The van der Waals surface area contributed by atoms with Gasteiger partial charge in [0.05, 0.1) is 0 Å². The van der Waals surface area contributed by atoms with Crippen molar-refractivity contribution in [3.63, 3.8) is 0 Å². The summed E-state index contributed by atoms with van der Waals surface area (Å²) in [6.45, 7) is 4.78. The molecule has 1 aromatic carbocycles. The van der Waals surface area contributed by atoms with Gasteiger partial charge in [-0.05, 0) is 42.4 Å². The summed E-state index contributed by atoms with van der Waals surface area (Å²) >= 11 is 0. The molecule has 1 fully saturated rings. The van der Waals surface area contributed by atoms with E-state index in [-0.39, 0.29) is 0 Å². The van der Waals surface area contributed by atoms with Gasteiger partial charge in [0.1, 0.15) is 0 Å². The molecule has 0 aromatic heterocycles. The lowest BCUT2D eigenvalue weighted by Crippen LogP contribution is -2.32. The Bertz CT molecular complexity index is 424. The first-order chi connectivity index (χ1) is 9.02. The molecule has 0 spiro atoms. The normalized spacial score (nSPS) is 26.9. The van der Waals surface area contributed by atoms with Gasteiger partial charge in [-0.2, -0.15) is 0 Å². The highest BCUT2D eigenvalue weighted by Gasteiger charge is 2.30. The van der Waals surface area contributed by atoms with E-state index in [4.69, 9.17) is 0 Å². The Morgan fingerprint density at radius 1 is 1.16 bits per heavy atom. The van der Waals surface area contributed by atoms with E-state index in [1.54, 1.807) is 0 Å². The van der Waals surface area contributed by atoms with Gasteiger partial charge in [0.25, 0.3) is 0 Å². The van der Waals surface area contributed by atoms with Crippen molar-refractivity contribution < 1.29 is 13.2 Å². The van der Waals surface area contributed by atoms with Crippen LogP contribution in [0.2, 0.25) is 0 Å². The van der Waals surface area contributed by atoms with Gasteiger partial charge in [0, 0.05) is 12.6 Å². The lowest BCUT2D eigenvalue weighted by molar-refractivity contribution is 0.344. The Kier molecular flexibility index (Phi) is 4.50. The van der Waals surface area contributed by atoms with Gasteiger partial charge >= 0.3 is 0 Å². The summed E-state index contributed by atoms with van der Waals surface area (Å²) in [5, 5.41) is 3.33. The summed E-state index contributed by atoms with van der Waals surface area (Å²) in [7, 11) is 0. The second kappa shape index (κ2) is 5.95.